The third kappa shape index (κ3) is 3.23. The van der Waals surface area contributed by atoms with Crippen molar-refractivity contribution in [3.63, 3.8) is 0 Å². The van der Waals surface area contributed by atoms with E-state index < -0.39 is 0 Å². The summed E-state index contributed by atoms with van der Waals surface area (Å²) in [6.45, 7) is 4.12. The number of thiazole rings is 1. The van der Waals surface area contributed by atoms with Crippen LogP contribution in [0.1, 0.15) is 24.4 Å². The Morgan fingerprint density at radius 3 is 2.79 bits per heavy atom. The lowest BCUT2D eigenvalue weighted by Gasteiger charge is -2.26. The number of halogens is 1. The molecule has 0 bridgehead atoms. The highest BCUT2D eigenvalue weighted by atomic mass is 35.5. The molecule has 0 fully saturated rings. The van der Waals surface area contributed by atoms with E-state index in [4.69, 9.17) is 29.6 Å². The molecule has 0 saturated heterocycles. The summed E-state index contributed by atoms with van der Waals surface area (Å²) in [6, 6.07) is 5.46. The number of anilines is 1. The maximum absolute atomic E-state index is 5.98. The van der Waals surface area contributed by atoms with Crippen molar-refractivity contribution >= 4 is 45.8 Å². The van der Waals surface area contributed by atoms with E-state index in [2.05, 4.69) is 24.1 Å². The second-order valence-corrected chi connectivity index (χ2v) is 6.41. The summed E-state index contributed by atoms with van der Waals surface area (Å²) >= 11 is 12.6. The molecule has 0 aliphatic carbocycles. The summed E-state index contributed by atoms with van der Waals surface area (Å²) in [5.41, 5.74) is 7.04. The van der Waals surface area contributed by atoms with Crippen molar-refractivity contribution in [1.82, 2.24) is 4.98 Å². The second kappa shape index (κ2) is 5.45. The minimum absolute atomic E-state index is 0.304. The molecule has 0 unspecified atom stereocenters. The van der Waals surface area contributed by atoms with E-state index >= 15 is 0 Å². The Morgan fingerprint density at radius 1 is 1.47 bits per heavy atom. The highest BCUT2D eigenvalue weighted by Gasteiger charge is 2.24. The minimum atomic E-state index is -0.304. The smallest absolute Gasteiger partial charge is 0.117 e. The molecule has 2 rings (SSSR count). The minimum Gasteiger partial charge on any atom is -0.389 e. The van der Waals surface area contributed by atoms with Gasteiger partial charge in [0.25, 0.3) is 0 Å². The van der Waals surface area contributed by atoms with E-state index in [9.17, 15) is 0 Å². The van der Waals surface area contributed by atoms with Crippen molar-refractivity contribution in [1.29, 1.82) is 0 Å². The molecule has 1 aromatic carbocycles. The molecule has 0 atom stereocenters. The number of thiocarbonyl (C=S) groups is 1. The average molecular weight is 312 g/mol. The van der Waals surface area contributed by atoms with Gasteiger partial charge < -0.3 is 11.1 Å². The first-order chi connectivity index (χ1) is 8.90. The van der Waals surface area contributed by atoms with Crippen LogP contribution in [0, 0.1) is 0 Å². The first-order valence-corrected chi connectivity index (χ1v) is 7.34. The molecule has 0 radical (unpaired) electrons. The molecule has 0 aliphatic rings. The van der Waals surface area contributed by atoms with Crippen LogP contribution in [0.5, 0.6) is 0 Å². The maximum Gasteiger partial charge on any atom is 0.117 e. The molecular weight excluding hydrogens is 298 g/mol. The van der Waals surface area contributed by atoms with Crippen LogP contribution in [-0.4, -0.2) is 9.97 Å². The summed E-state index contributed by atoms with van der Waals surface area (Å²) in [6.07, 6.45) is 1.79. The summed E-state index contributed by atoms with van der Waals surface area (Å²) < 4.78 is 0. The van der Waals surface area contributed by atoms with Gasteiger partial charge in [0.15, 0.2) is 0 Å². The number of hydrogen-bond donors (Lipinski definition) is 2. The fourth-order valence-corrected chi connectivity index (χ4v) is 2.81. The Labute approximate surface area is 126 Å². The van der Waals surface area contributed by atoms with Crippen molar-refractivity contribution in [3.8, 4) is 0 Å². The monoisotopic (exact) mass is 311 g/mol. The highest BCUT2D eigenvalue weighted by molar-refractivity contribution is 7.80. The zero-order chi connectivity index (χ0) is 14.0. The molecule has 19 heavy (non-hydrogen) atoms. The van der Waals surface area contributed by atoms with Gasteiger partial charge >= 0.3 is 0 Å². The lowest BCUT2D eigenvalue weighted by atomic mass is 10.0. The number of aromatic nitrogens is 1. The molecule has 0 aliphatic heterocycles. The molecule has 0 spiro atoms. The molecule has 1 aromatic heterocycles. The summed E-state index contributed by atoms with van der Waals surface area (Å²) in [5.74, 6) is 0. The largest absolute Gasteiger partial charge is 0.389 e. The van der Waals surface area contributed by atoms with E-state index in [1.54, 1.807) is 23.6 Å². The number of rotatable bonds is 4. The summed E-state index contributed by atoms with van der Waals surface area (Å²) in [7, 11) is 0. The number of nitrogens with two attached hydrogens (primary N) is 1. The molecule has 1 heterocycles. The van der Waals surface area contributed by atoms with Gasteiger partial charge in [-0.3, -0.25) is 0 Å². The molecule has 100 valence electrons. The van der Waals surface area contributed by atoms with Gasteiger partial charge in [-0.15, -0.1) is 11.3 Å². The number of nitrogens with one attached hydrogen (secondary N) is 1. The number of hydrogen-bond acceptors (Lipinski definition) is 4. The van der Waals surface area contributed by atoms with E-state index in [1.807, 2.05) is 17.5 Å². The van der Waals surface area contributed by atoms with Gasteiger partial charge in [0.2, 0.25) is 0 Å². The van der Waals surface area contributed by atoms with Crippen LogP contribution in [0.4, 0.5) is 5.69 Å². The Kier molecular flexibility index (Phi) is 4.08. The van der Waals surface area contributed by atoms with Gasteiger partial charge in [0, 0.05) is 27.9 Å². The van der Waals surface area contributed by atoms with Crippen molar-refractivity contribution in [2.45, 2.75) is 19.4 Å². The predicted molar refractivity (Wildman–Crippen MR) is 86.1 cm³/mol. The van der Waals surface area contributed by atoms with Crippen molar-refractivity contribution in [3.05, 3.63) is 45.4 Å². The third-order valence-corrected chi connectivity index (χ3v) is 4.21. The second-order valence-electron chi connectivity index (χ2n) is 4.64. The number of nitrogens with zero attached hydrogens (tertiary/aromatic N) is 1. The van der Waals surface area contributed by atoms with Crippen LogP contribution in [0.15, 0.2) is 29.8 Å². The quantitative estimate of drug-likeness (QED) is 0.844. The van der Waals surface area contributed by atoms with Gasteiger partial charge in [-0.2, -0.15) is 0 Å². The topological polar surface area (TPSA) is 50.9 Å². The van der Waals surface area contributed by atoms with Crippen molar-refractivity contribution in [2.24, 2.45) is 5.73 Å². The van der Waals surface area contributed by atoms with E-state index in [1.165, 1.54) is 0 Å². The molecule has 0 saturated carbocycles. The average Bonchev–Trinajstić information content (AvgIpc) is 2.85. The molecular formula is C13H14ClN3S2. The van der Waals surface area contributed by atoms with Crippen LogP contribution >= 0.6 is 35.2 Å². The van der Waals surface area contributed by atoms with Crippen LogP contribution in [0.25, 0.3) is 0 Å². The van der Waals surface area contributed by atoms with E-state index in [-0.39, 0.29) is 5.54 Å². The first kappa shape index (κ1) is 14.2. The molecule has 6 heteroatoms. The summed E-state index contributed by atoms with van der Waals surface area (Å²) in [5, 5.41) is 6.98. The van der Waals surface area contributed by atoms with Crippen LogP contribution in [0.3, 0.4) is 0 Å². The van der Waals surface area contributed by atoms with Crippen LogP contribution < -0.4 is 11.1 Å². The lowest BCUT2D eigenvalue weighted by molar-refractivity contribution is 0.604. The summed E-state index contributed by atoms with van der Waals surface area (Å²) in [4.78, 5) is 4.66. The van der Waals surface area contributed by atoms with Gasteiger partial charge in [-0.25, -0.2) is 4.98 Å². The fourth-order valence-electron chi connectivity index (χ4n) is 1.75. The van der Waals surface area contributed by atoms with Gasteiger partial charge in [0.1, 0.15) is 10.00 Å². The normalized spacial score (nSPS) is 11.3. The SMILES string of the molecule is CC(C)(Nc1ccc(Cl)cc1C(N)=S)c1nccs1. The Bertz CT molecular complexity index is 594. The standard InChI is InChI=1S/C13H14ClN3S2/c1-13(2,12-16-5-6-19-12)17-10-4-3-8(14)7-9(10)11(15)18/h3-7,17H,1-2H3,(H2,15,18). The zero-order valence-corrected chi connectivity index (χ0v) is 13.0. The van der Waals surface area contributed by atoms with E-state index in [0.717, 1.165) is 16.3 Å². The van der Waals surface area contributed by atoms with Crippen LogP contribution in [0.2, 0.25) is 5.02 Å². The Balaban J connectivity index is 2.36. The Hall–Kier alpha value is -1.17. The predicted octanol–water partition coefficient (Wildman–Crippen LogP) is 3.78. The lowest BCUT2D eigenvalue weighted by Crippen LogP contribution is -2.29. The first-order valence-electron chi connectivity index (χ1n) is 5.67. The molecule has 0 amide bonds. The fraction of sp³-hybridized carbons (Fsp3) is 0.231. The number of benzene rings is 1. The van der Waals surface area contributed by atoms with Crippen molar-refractivity contribution < 1.29 is 0 Å². The third-order valence-electron chi connectivity index (χ3n) is 2.66. The maximum atomic E-state index is 5.98. The molecule has 3 nitrogen and oxygen atoms in total. The van der Waals surface area contributed by atoms with E-state index in [0.29, 0.717) is 10.0 Å². The van der Waals surface area contributed by atoms with Crippen LogP contribution in [-0.2, 0) is 5.54 Å². The molecule has 2 aromatic rings. The van der Waals surface area contributed by atoms with Crippen molar-refractivity contribution in [2.75, 3.05) is 5.32 Å². The van der Waals surface area contributed by atoms with Gasteiger partial charge in [0.05, 0.1) is 5.54 Å². The van der Waals surface area contributed by atoms with Gasteiger partial charge in [-0.05, 0) is 32.0 Å². The zero-order valence-electron chi connectivity index (χ0n) is 10.6. The molecule has 3 N–H and O–H groups in total. The van der Waals surface area contributed by atoms with Gasteiger partial charge in [-0.1, -0.05) is 23.8 Å². The highest BCUT2D eigenvalue weighted by Crippen LogP contribution is 2.30. The Morgan fingerprint density at radius 2 is 2.21 bits per heavy atom.